The highest BCUT2D eigenvalue weighted by Crippen LogP contribution is 2.36. The number of amides is 8. The van der Waals surface area contributed by atoms with Crippen LogP contribution < -0.4 is 77.4 Å². The molecule has 4 aromatic rings. The number of unbranched alkanes of at least 4 members (excludes halogenated alkanes) is 1. The summed E-state index contributed by atoms with van der Waals surface area (Å²) in [6.45, 7) is 4.85. The van der Waals surface area contributed by atoms with Crippen molar-refractivity contribution in [2.45, 2.75) is 213 Å². The minimum Gasteiger partial charge on any atom is -0.441 e. The average molecular weight is 1600 g/mol. The van der Waals surface area contributed by atoms with Crippen molar-refractivity contribution in [2.75, 3.05) is 51.7 Å². The van der Waals surface area contributed by atoms with Gasteiger partial charge in [-0.05, 0) is 66.6 Å². The van der Waals surface area contributed by atoms with Crippen LogP contribution in [0.15, 0.2) is 23.3 Å². The summed E-state index contributed by atoms with van der Waals surface area (Å²) in [6, 6.07) is -9.66. The van der Waals surface area contributed by atoms with Crippen molar-refractivity contribution in [1.82, 2.24) is 67.1 Å². The fourth-order valence-corrected chi connectivity index (χ4v) is 13.0. The van der Waals surface area contributed by atoms with Crippen LogP contribution in [0, 0.1) is 6.92 Å². The number of aliphatic hydroxyl groups is 11. The molecule has 0 bridgehead atoms. The Balaban J connectivity index is 1.16. The highest BCUT2D eigenvalue weighted by Gasteiger charge is 2.54. The summed E-state index contributed by atoms with van der Waals surface area (Å²) in [5.74, 6) is -8.29. The number of primary amides is 3. The van der Waals surface area contributed by atoms with Crippen molar-refractivity contribution in [2.24, 2.45) is 34.4 Å². The van der Waals surface area contributed by atoms with Gasteiger partial charge < -0.3 is 172 Å². The number of H-pyrrole nitrogens is 1. The van der Waals surface area contributed by atoms with E-state index < -0.39 is 250 Å². The van der Waals surface area contributed by atoms with Crippen molar-refractivity contribution in [3.05, 3.63) is 56.8 Å². The minimum absolute atomic E-state index is 0.0775. The lowest BCUT2D eigenvalue weighted by molar-refractivity contribution is -0.372. The molecule has 8 amide bonds. The first-order chi connectivity index (χ1) is 52.1. The van der Waals surface area contributed by atoms with E-state index in [-0.39, 0.29) is 32.7 Å². The predicted molar refractivity (Wildman–Crippen MR) is 377 cm³/mol. The molecule has 0 aliphatic carbocycles. The van der Waals surface area contributed by atoms with Crippen LogP contribution in [0.5, 0.6) is 0 Å². The number of nitrogens with two attached hydrogens (primary N) is 7. The molecule has 3 saturated heterocycles. The Kier molecular flexibility index (Phi) is 33.7. The maximum absolute atomic E-state index is 15.3. The molecule has 48 heteroatoms. The molecule has 0 saturated carbocycles. The van der Waals surface area contributed by atoms with Gasteiger partial charge in [0.1, 0.15) is 112 Å². The second-order valence-electron chi connectivity index (χ2n) is 26.1. The molecule has 0 radical (unpaired) electrons. The van der Waals surface area contributed by atoms with Gasteiger partial charge in [-0.3, -0.25) is 33.6 Å². The molecule has 614 valence electrons. The van der Waals surface area contributed by atoms with E-state index in [1.165, 1.54) is 24.6 Å². The van der Waals surface area contributed by atoms with Gasteiger partial charge in [-0.25, -0.2) is 29.7 Å². The summed E-state index contributed by atoms with van der Waals surface area (Å²) in [5.41, 5.74) is 39.0. The zero-order chi connectivity index (χ0) is 81.1. The number of aromatic nitrogens is 6. The SMILES string of the molecule is Cc1c(N)nc([C@H](CC(N)=O)NC[C@H](N)C(N)=O)nc1C(=O)N[C@H](C(=O)N[C@H](C)[C@@H](O)CC(=O)N[C@H](C(=O)NC(O[C@@H]1O[C@@H](C)[C@@H](N)[C@@H](O)[C@H]1O)C(O)c1nc(-c2nc(C(=O)NCCCNCCCCN)cs2)cs1)[C@@H](C)O)[C@@H](O[C@@H]1O[C@@H](CO)[C@@H](O)[C@H](O)[C@@H]1O[C@H]1O[C@H](CO)[C@@H](O)[C@H](OC(N)=O)[C@@H]1O)c1cnc[nH]1. The maximum Gasteiger partial charge on any atom is 0.404 e. The molecule has 33 N–H and O–H groups in total. The third kappa shape index (κ3) is 23.6. The van der Waals surface area contributed by atoms with Gasteiger partial charge in [0.2, 0.25) is 29.5 Å². The van der Waals surface area contributed by atoms with Gasteiger partial charge in [-0.15, -0.1) is 22.7 Å². The number of nitrogens with zero attached hydrogens (tertiary/aromatic N) is 5. The van der Waals surface area contributed by atoms with E-state index in [9.17, 15) is 84.9 Å². The first kappa shape index (κ1) is 89.2. The summed E-state index contributed by atoms with van der Waals surface area (Å²) in [6.07, 6.45) is -35.3. The third-order valence-corrected chi connectivity index (χ3v) is 19.6. The third-order valence-electron chi connectivity index (χ3n) is 17.8. The number of imidazole rings is 1. The minimum atomic E-state index is -2.26. The van der Waals surface area contributed by atoms with E-state index in [0.29, 0.717) is 26.1 Å². The number of aliphatic hydroxyl groups excluding tert-OH is 11. The number of nitrogen functional groups attached to an aromatic ring is 1. The lowest BCUT2D eigenvalue weighted by atomic mass is 9.97. The van der Waals surface area contributed by atoms with Crippen molar-refractivity contribution in [3.63, 3.8) is 0 Å². The molecule has 3 aliphatic rings. The Hall–Kier alpha value is -7.97. The average Bonchev–Trinajstić information content (AvgIpc) is 0.812. The van der Waals surface area contributed by atoms with Crippen LogP contribution in [-0.4, -0.2) is 314 Å². The lowest BCUT2D eigenvalue weighted by Gasteiger charge is -2.47. The van der Waals surface area contributed by atoms with Crippen LogP contribution in [-0.2, 0) is 57.1 Å². The molecule has 4 aromatic heterocycles. The van der Waals surface area contributed by atoms with Crippen LogP contribution in [0.3, 0.4) is 0 Å². The molecule has 110 heavy (non-hydrogen) atoms. The van der Waals surface area contributed by atoms with Crippen LogP contribution in [0.4, 0.5) is 10.6 Å². The van der Waals surface area contributed by atoms with Gasteiger partial charge in [0.25, 0.3) is 11.8 Å². The monoisotopic (exact) mass is 1600 g/mol. The second-order valence-corrected chi connectivity index (χ2v) is 27.9. The second kappa shape index (κ2) is 41.5. The van der Waals surface area contributed by atoms with Crippen LogP contribution in [0.25, 0.3) is 10.7 Å². The molecule has 25 atom stereocenters. The van der Waals surface area contributed by atoms with E-state index in [2.05, 4.69) is 67.1 Å². The number of carbonyl (C=O) groups excluding carboxylic acids is 8. The maximum atomic E-state index is 15.3. The Morgan fingerprint density at radius 3 is 2.05 bits per heavy atom. The van der Waals surface area contributed by atoms with Gasteiger partial charge in [0, 0.05) is 35.8 Å². The fourth-order valence-electron chi connectivity index (χ4n) is 11.4. The predicted octanol–water partition coefficient (Wildman–Crippen LogP) is -10.9. The first-order valence-electron chi connectivity index (χ1n) is 34.6. The molecular formula is C62H98N20O26S2. The largest absolute Gasteiger partial charge is 0.441 e. The number of hydrogen-bond donors (Lipinski definition) is 26. The molecule has 3 aliphatic heterocycles. The van der Waals surface area contributed by atoms with Crippen LogP contribution in [0.1, 0.15) is 114 Å². The Morgan fingerprint density at radius 2 is 1.40 bits per heavy atom. The van der Waals surface area contributed by atoms with E-state index in [4.69, 9.17) is 73.3 Å². The van der Waals surface area contributed by atoms with E-state index in [1.807, 2.05) is 0 Å². The highest BCUT2D eigenvalue weighted by molar-refractivity contribution is 7.14. The summed E-state index contributed by atoms with van der Waals surface area (Å²) in [5, 5.41) is 144. The zero-order valence-electron chi connectivity index (χ0n) is 59.9. The van der Waals surface area contributed by atoms with Crippen molar-refractivity contribution in [1.29, 1.82) is 0 Å². The summed E-state index contributed by atoms with van der Waals surface area (Å²) in [7, 11) is 0. The van der Waals surface area contributed by atoms with Gasteiger partial charge >= 0.3 is 6.09 Å². The number of hydrogen-bond acceptors (Lipinski definition) is 39. The van der Waals surface area contributed by atoms with E-state index in [0.717, 1.165) is 68.4 Å². The number of anilines is 1. The molecule has 0 spiro atoms. The van der Waals surface area contributed by atoms with Gasteiger partial charge in [0.15, 0.2) is 37.3 Å². The number of rotatable bonds is 41. The summed E-state index contributed by atoms with van der Waals surface area (Å²) < 4.78 is 40.4. The normalized spacial score (nSPS) is 26.9. The van der Waals surface area contributed by atoms with E-state index in [1.54, 1.807) is 0 Å². The van der Waals surface area contributed by atoms with Crippen molar-refractivity contribution >= 4 is 75.9 Å². The smallest absolute Gasteiger partial charge is 0.404 e. The van der Waals surface area contributed by atoms with Crippen LogP contribution in [0.2, 0.25) is 0 Å². The topological polar surface area (TPSA) is 770 Å². The number of thiazole rings is 2. The Labute approximate surface area is 634 Å². The Bertz CT molecular complexity index is 3690. The van der Waals surface area contributed by atoms with Crippen molar-refractivity contribution in [3.8, 4) is 10.7 Å². The van der Waals surface area contributed by atoms with Crippen LogP contribution >= 0.6 is 22.7 Å². The molecular weight excluding hydrogens is 1500 g/mol. The summed E-state index contributed by atoms with van der Waals surface area (Å²) >= 11 is 1.90. The molecule has 7 rings (SSSR count). The molecule has 2 unspecified atom stereocenters. The molecule has 3 fully saturated rings. The van der Waals surface area contributed by atoms with Crippen molar-refractivity contribution < 1.29 is 128 Å². The number of ether oxygens (including phenoxy) is 7. The fraction of sp³-hybridized carbons (Fsp3) is 0.661. The standard InChI is InChI=1S/C62H98N20O26S2/c1-21-36(79-51(81-49(21)67)26(12-33(65)87)73-14-25(64)50(68)96)53(98)80-38(46(27-15-71-20-74-27)105-61-48(42(92)39(89)31(16-83)104-61)106-60-44(94)47(107-62(69)101)40(90)32(17-84)103-60)55(100)75-22(2)30(86)13-34(88)78-37(23(3)85)54(99)82-56(108-59-43(93)41(91)35(66)24(4)102-59)45(95)58-77-29(19-110-58)57-76-28(18-109-57)52(97)72-11-7-10-70-9-6-5-8-63/h15,18-20,22-26,30-32,35,37-48,56,59-61,70,73,83-86,89-95H,5-14,16-17,63-64,66H2,1-4H3,(H2,65,87)(H2,68,96)(H2,69,101)(H,71,74)(H,72,97)(H,75,100)(H,78,88)(H,80,98)(H,82,99)(H2,67,79,81)/t22-,23-,24+,25+,26+,30+,31+,32-,35-,37+,38+,39-,40-,41-,42+,43-,44+,45?,46+,47+,48+,56?,59+,60-,61+/m1/s1. The first-order valence-corrected chi connectivity index (χ1v) is 36.3. The number of nitrogens with one attached hydrogen (secondary N) is 8. The molecule has 7 heterocycles. The zero-order valence-corrected chi connectivity index (χ0v) is 61.5. The number of carbonyl (C=O) groups is 8. The quantitative estimate of drug-likeness (QED) is 0.0145. The van der Waals surface area contributed by atoms with E-state index >= 15 is 9.59 Å². The van der Waals surface area contributed by atoms with Gasteiger partial charge in [0.05, 0.1) is 80.3 Å². The van der Waals surface area contributed by atoms with Gasteiger partial charge in [-0.2, -0.15) is 0 Å². The summed E-state index contributed by atoms with van der Waals surface area (Å²) in [4.78, 5) is 132. The number of aromatic amines is 1. The molecule has 0 aromatic carbocycles. The Morgan fingerprint density at radius 1 is 0.718 bits per heavy atom. The molecule has 46 nitrogen and oxygen atoms in total. The highest BCUT2D eigenvalue weighted by atomic mass is 32.1. The lowest BCUT2D eigenvalue weighted by Crippen LogP contribution is -2.65. The van der Waals surface area contributed by atoms with Gasteiger partial charge in [-0.1, -0.05) is 0 Å².